The number of sulfonamides is 1. The van der Waals surface area contributed by atoms with Crippen molar-refractivity contribution in [3.63, 3.8) is 0 Å². The Balaban J connectivity index is 2.13. The van der Waals surface area contributed by atoms with Crippen molar-refractivity contribution >= 4 is 21.4 Å². The van der Waals surface area contributed by atoms with E-state index < -0.39 is 10.0 Å². The molecule has 0 amide bonds. The van der Waals surface area contributed by atoms with Gasteiger partial charge >= 0.3 is 0 Å². The lowest BCUT2D eigenvalue weighted by Gasteiger charge is -2.06. The molecule has 0 radical (unpaired) electrons. The molecule has 0 fully saturated rings. The maximum absolute atomic E-state index is 12.0. The standard InChI is InChI=1S/C10H12N4O2S2/c11-5-9-10(2-4-17-9)18(15,16)14-6-8-1-3-12-7-13-8/h1-4,7,14H,5-6,11H2. The van der Waals surface area contributed by atoms with Crippen LogP contribution < -0.4 is 10.5 Å². The number of hydrogen-bond acceptors (Lipinski definition) is 6. The Kier molecular flexibility index (Phi) is 4.02. The second-order valence-electron chi connectivity index (χ2n) is 3.44. The summed E-state index contributed by atoms with van der Waals surface area (Å²) in [5, 5.41) is 1.71. The molecule has 0 aromatic carbocycles. The van der Waals surface area contributed by atoms with Gasteiger partial charge < -0.3 is 5.73 Å². The Labute approximate surface area is 109 Å². The molecule has 0 unspecified atom stereocenters. The molecule has 6 nitrogen and oxygen atoms in total. The fraction of sp³-hybridized carbons (Fsp3) is 0.200. The first-order valence-corrected chi connectivity index (χ1v) is 7.51. The summed E-state index contributed by atoms with van der Waals surface area (Å²) in [6.07, 6.45) is 2.94. The molecular weight excluding hydrogens is 272 g/mol. The van der Waals surface area contributed by atoms with Crippen LogP contribution in [0, 0.1) is 0 Å². The van der Waals surface area contributed by atoms with Crippen molar-refractivity contribution in [3.8, 4) is 0 Å². The lowest BCUT2D eigenvalue weighted by Crippen LogP contribution is -2.24. The third kappa shape index (κ3) is 2.91. The van der Waals surface area contributed by atoms with E-state index in [0.29, 0.717) is 10.6 Å². The largest absolute Gasteiger partial charge is 0.326 e. The van der Waals surface area contributed by atoms with Crippen LogP contribution >= 0.6 is 11.3 Å². The number of rotatable bonds is 5. The minimum Gasteiger partial charge on any atom is -0.326 e. The van der Waals surface area contributed by atoms with Gasteiger partial charge in [-0.2, -0.15) is 0 Å². The fourth-order valence-corrected chi connectivity index (χ4v) is 3.72. The van der Waals surface area contributed by atoms with Crippen LogP contribution in [0.25, 0.3) is 0 Å². The van der Waals surface area contributed by atoms with E-state index in [-0.39, 0.29) is 18.0 Å². The van der Waals surface area contributed by atoms with E-state index in [1.165, 1.54) is 17.7 Å². The van der Waals surface area contributed by atoms with Gasteiger partial charge in [0, 0.05) is 17.6 Å². The van der Waals surface area contributed by atoms with Crippen LogP contribution in [0.15, 0.2) is 34.9 Å². The van der Waals surface area contributed by atoms with Gasteiger partial charge in [-0.1, -0.05) is 0 Å². The molecule has 0 spiro atoms. The van der Waals surface area contributed by atoms with Crippen molar-refractivity contribution in [1.29, 1.82) is 0 Å². The van der Waals surface area contributed by atoms with Crippen molar-refractivity contribution in [2.24, 2.45) is 5.73 Å². The molecular formula is C10H12N4O2S2. The minimum atomic E-state index is -3.54. The first-order valence-electron chi connectivity index (χ1n) is 5.14. The van der Waals surface area contributed by atoms with Crippen LogP contribution in [0.1, 0.15) is 10.6 Å². The Bertz CT molecular complexity index is 610. The van der Waals surface area contributed by atoms with Gasteiger partial charge in [-0.3, -0.25) is 0 Å². The smallest absolute Gasteiger partial charge is 0.242 e. The van der Waals surface area contributed by atoms with Crippen LogP contribution in [0.2, 0.25) is 0 Å². The molecule has 0 aliphatic heterocycles. The minimum absolute atomic E-state index is 0.130. The topological polar surface area (TPSA) is 98.0 Å². The molecule has 2 aromatic rings. The SMILES string of the molecule is NCc1sccc1S(=O)(=O)NCc1ccncn1. The average Bonchev–Trinajstić information content (AvgIpc) is 2.87. The third-order valence-corrected chi connectivity index (χ3v) is 4.82. The normalized spacial score (nSPS) is 11.6. The first-order chi connectivity index (χ1) is 8.63. The van der Waals surface area contributed by atoms with Gasteiger partial charge in [0.05, 0.1) is 17.1 Å². The van der Waals surface area contributed by atoms with E-state index in [0.717, 1.165) is 0 Å². The summed E-state index contributed by atoms with van der Waals surface area (Å²) in [6, 6.07) is 3.20. The number of nitrogens with two attached hydrogens (primary N) is 1. The van der Waals surface area contributed by atoms with Gasteiger partial charge in [-0.15, -0.1) is 11.3 Å². The zero-order valence-electron chi connectivity index (χ0n) is 9.41. The monoisotopic (exact) mass is 284 g/mol. The highest BCUT2D eigenvalue weighted by Gasteiger charge is 2.18. The second kappa shape index (κ2) is 5.53. The number of thiophene rings is 1. The predicted octanol–water partition coefficient (Wildman–Crippen LogP) is 0.475. The Morgan fingerprint density at radius 2 is 2.22 bits per heavy atom. The molecule has 18 heavy (non-hydrogen) atoms. The van der Waals surface area contributed by atoms with Gasteiger partial charge in [0.1, 0.15) is 6.33 Å². The van der Waals surface area contributed by atoms with Crippen LogP contribution in [0.5, 0.6) is 0 Å². The number of hydrogen-bond donors (Lipinski definition) is 2. The molecule has 2 aromatic heterocycles. The number of nitrogens with one attached hydrogen (secondary N) is 1. The molecule has 0 bridgehead atoms. The zero-order valence-corrected chi connectivity index (χ0v) is 11.0. The van der Waals surface area contributed by atoms with E-state index in [1.54, 1.807) is 23.7 Å². The summed E-state index contributed by atoms with van der Waals surface area (Å²) in [7, 11) is -3.54. The summed E-state index contributed by atoms with van der Waals surface area (Å²) in [4.78, 5) is 8.59. The average molecular weight is 284 g/mol. The summed E-state index contributed by atoms with van der Waals surface area (Å²) in [5.74, 6) is 0. The molecule has 2 rings (SSSR count). The zero-order chi connectivity index (χ0) is 13.0. The Morgan fingerprint density at radius 1 is 1.39 bits per heavy atom. The molecule has 3 N–H and O–H groups in total. The van der Waals surface area contributed by atoms with Crippen LogP contribution in [0.3, 0.4) is 0 Å². The quantitative estimate of drug-likeness (QED) is 0.832. The van der Waals surface area contributed by atoms with Crippen molar-refractivity contribution in [1.82, 2.24) is 14.7 Å². The first kappa shape index (κ1) is 13.1. The predicted molar refractivity (Wildman–Crippen MR) is 68.3 cm³/mol. The summed E-state index contributed by atoms with van der Waals surface area (Å²) in [6.45, 7) is 0.339. The van der Waals surface area contributed by atoms with E-state index >= 15 is 0 Å². The van der Waals surface area contributed by atoms with Gasteiger partial charge in [0.15, 0.2) is 0 Å². The van der Waals surface area contributed by atoms with Crippen molar-refractivity contribution in [3.05, 3.63) is 40.6 Å². The molecule has 0 aliphatic rings. The van der Waals surface area contributed by atoms with Gasteiger partial charge in [0.25, 0.3) is 0 Å². The molecule has 2 heterocycles. The molecule has 0 aliphatic carbocycles. The van der Waals surface area contributed by atoms with Gasteiger partial charge in [-0.05, 0) is 17.5 Å². The van der Waals surface area contributed by atoms with E-state index in [9.17, 15) is 8.42 Å². The van der Waals surface area contributed by atoms with E-state index in [4.69, 9.17) is 5.73 Å². The molecule has 96 valence electrons. The molecule has 0 saturated heterocycles. The highest BCUT2D eigenvalue weighted by atomic mass is 32.2. The van der Waals surface area contributed by atoms with Crippen molar-refractivity contribution in [2.45, 2.75) is 18.0 Å². The van der Waals surface area contributed by atoms with Crippen molar-refractivity contribution in [2.75, 3.05) is 0 Å². The Morgan fingerprint density at radius 3 is 2.89 bits per heavy atom. The lowest BCUT2D eigenvalue weighted by atomic mass is 10.4. The van der Waals surface area contributed by atoms with Gasteiger partial charge in [0.2, 0.25) is 10.0 Å². The maximum atomic E-state index is 12.0. The molecule has 0 atom stereocenters. The molecule has 0 saturated carbocycles. The fourth-order valence-electron chi connectivity index (χ4n) is 1.39. The maximum Gasteiger partial charge on any atom is 0.242 e. The van der Waals surface area contributed by atoms with Gasteiger partial charge in [-0.25, -0.2) is 23.1 Å². The van der Waals surface area contributed by atoms with E-state index in [1.807, 2.05) is 0 Å². The second-order valence-corrected chi connectivity index (χ2v) is 6.17. The molecule has 8 heteroatoms. The Hall–Kier alpha value is -1.35. The summed E-state index contributed by atoms with van der Waals surface area (Å²) < 4.78 is 26.6. The highest BCUT2D eigenvalue weighted by Crippen LogP contribution is 2.21. The third-order valence-electron chi connectivity index (χ3n) is 2.27. The van der Waals surface area contributed by atoms with Crippen LogP contribution in [-0.4, -0.2) is 18.4 Å². The van der Waals surface area contributed by atoms with Crippen LogP contribution in [0.4, 0.5) is 0 Å². The van der Waals surface area contributed by atoms with E-state index in [2.05, 4.69) is 14.7 Å². The lowest BCUT2D eigenvalue weighted by molar-refractivity contribution is 0.579. The van der Waals surface area contributed by atoms with Crippen molar-refractivity contribution < 1.29 is 8.42 Å². The number of nitrogens with zero attached hydrogens (tertiary/aromatic N) is 2. The van der Waals surface area contributed by atoms with Crippen LogP contribution in [-0.2, 0) is 23.1 Å². The summed E-state index contributed by atoms with van der Waals surface area (Å²) >= 11 is 1.33. The highest BCUT2D eigenvalue weighted by molar-refractivity contribution is 7.89. The summed E-state index contributed by atoms with van der Waals surface area (Å²) in [5.41, 5.74) is 6.11. The number of aromatic nitrogens is 2.